The molecule has 0 bridgehead atoms. The van der Waals surface area contributed by atoms with E-state index in [4.69, 9.17) is 4.74 Å². The molecule has 1 N–H and O–H groups in total. The van der Waals surface area contributed by atoms with Crippen LogP contribution in [-0.4, -0.2) is 53.8 Å². The van der Waals surface area contributed by atoms with Gasteiger partial charge in [0.1, 0.15) is 17.7 Å². The van der Waals surface area contributed by atoms with Gasteiger partial charge in [0.2, 0.25) is 0 Å². The SMILES string of the molecule is CC(C)COc1ccc(CN(C(=O)NCc2ccc(F)cc2)[C@@H]2CCN3CCC[C@@H]3[C@H]2F)cc1. The summed E-state index contributed by atoms with van der Waals surface area (Å²) in [6.45, 7) is 7.15. The lowest BCUT2D eigenvalue weighted by Crippen LogP contribution is -2.58. The first-order chi connectivity index (χ1) is 16.4. The summed E-state index contributed by atoms with van der Waals surface area (Å²) in [6, 6.07) is 12.8. The predicted molar refractivity (Wildman–Crippen MR) is 129 cm³/mol. The zero-order valence-corrected chi connectivity index (χ0v) is 20.1. The highest BCUT2D eigenvalue weighted by Gasteiger charge is 2.44. The number of hydrogen-bond donors (Lipinski definition) is 1. The Kier molecular flexibility index (Phi) is 8.03. The lowest BCUT2D eigenvalue weighted by Gasteiger charge is -2.43. The second-order valence-electron chi connectivity index (χ2n) is 9.81. The minimum atomic E-state index is -1.08. The second-order valence-corrected chi connectivity index (χ2v) is 9.81. The average molecular weight is 472 g/mol. The van der Waals surface area contributed by atoms with E-state index in [0.717, 1.165) is 42.8 Å². The molecule has 0 saturated carbocycles. The van der Waals surface area contributed by atoms with Crippen molar-refractivity contribution < 1.29 is 18.3 Å². The third kappa shape index (κ3) is 6.06. The van der Waals surface area contributed by atoms with Gasteiger partial charge in [-0.1, -0.05) is 38.1 Å². The highest BCUT2D eigenvalue weighted by atomic mass is 19.1. The highest BCUT2D eigenvalue weighted by Crippen LogP contribution is 2.32. The van der Waals surface area contributed by atoms with E-state index in [0.29, 0.717) is 25.5 Å². The summed E-state index contributed by atoms with van der Waals surface area (Å²) in [7, 11) is 0. The number of amides is 2. The number of halogens is 2. The lowest BCUT2D eigenvalue weighted by molar-refractivity contribution is 0.0200. The molecule has 2 aliphatic rings. The molecule has 0 unspecified atom stereocenters. The van der Waals surface area contributed by atoms with Crippen molar-refractivity contribution in [3.8, 4) is 5.75 Å². The molecule has 2 aliphatic heterocycles. The molecule has 4 rings (SSSR count). The van der Waals surface area contributed by atoms with E-state index in [-0.39, 0.29) is 24.4 Å². The number of hydrogen-bond acceptors (Lipinski definition) is 3. The maximum absolute atomic E-state index is 15.6. The van der Waals surface area contributed by atoms with Crippen molar-refractivity contribution in [3.63, 3.8) is 0 Å². The Balaban J connectivity index is 1.47. The molecular weight excluding hydrogens is 436 g/mol. The van der Waals surface area contributed by atoms with Crippen LogP contribution in [0.4, 0.5) is 13.6 Å². The summed E-state index contributed by atoms with van der Waals surface area (Å²) in [5.41, 5.74) is 1.72. The van der Waals surface area contributed by atoms with Gasteiger partial charge in [0.25, 0.3) is 0 Å². The number of fused-ring (bicyclic) bond motifs is 1. The number of carbonyl (C=O) groups excluding carboxylic acids is 1. The van der Waals surface area contributed by atoms with E-state index in [2.05, 4.69) is 24.1 Å². The van der Waals surface area contributed by atoms with Crippen molar-refractivity contribution in [2.75, 3.05) is 19.7 Å². The van der Waals surface area contributed by atoms with Crippen LogP contribution in [0.3, 0.4) is 0 Å². The number of urea groups is 1. The molecule has 0 radical (unpaired) electrons. The molecule has 2 aromatic carbocycles. The molecule has 2 aromatic rings. The Bertz CT molecular complexity index is 936. The van der Waals surface area contributed by atoms with E-state index in [1.807, 2.05) is 24.3 Å². The molecule has 0 aliphatic carbocycles. The van der Waals surface area contributed by atoms with Crippen LogP contribution in [-0.2, 0) is 13.1 Å². The Morgan fingerprint density at radius 1 is 1.09 bits per heavy atom. The number of ether oxygens (including phenoxy) is 1. The van der Waals surface area contributed by atoms with E-state index in [1.165, 1.54) is 12.1 Å². The fourth-order valence-corrected chi connectivity index (χ4v) is 4.90. The monoisotopic (exact) mass is 471 g/mol. The van der Waals surface area contributed by atoms with Gasteiger partial charge in [0.05, 0.1) is 12.6 Å². The minimum absolute atomic E-state index is 0.113. The van der Waals surface area contributed by atoms with Crippen LogP contribution in [0.1, 0.15) is 44.2 Å². The van der Waals surface area contributed by atoms with Gasteiger partial charge in [0, 0.05) is 25.7 Å². The van der Waals surface area contributed by atoms with Crippen LogP contribution in [0.2, 0.25) is 0 Å². The molecule has 2 fully saturated rings. The van der Waals surface area contributed by atoms with E-state index < -0.39 is 12.2 Å². The quantitative estimate of drug-likeness (QED) is 0.579. The van der Waals surface area contributed by atoms with Gasteiger partial charge in [-0.3, -0.25) is 4.90 Å². The van der Waals surface area contributed by atoms with Gasteiger partial charge < -0.3 is 15.0 Å². The molecule has 184 valence electrons. The molecule has 5 nitrogen and oxygen atoms in total. The fourth-order valence-electron chi connectivity index (χ4n) is 4.90. The zero-order chi connectivity index (χ0) is 24.1. The standard InChI is InChI=1S/C27H35F2N3O2/c1-19(2)18-34-23-11-7-21(8-12-23)17-32(25-13-15-31-14-3-4-24(31)26(25)29)27(33)30-16-20-5-9-22(28)10-6-20/h5-12,19,24-26H,3-4,13-18H2,1-2H3,(H,30,33)/t24-,25-,26-/m1/s1. The van der Waals surface area contributed by atoms with Gasteiger partial charge in [-0.25, -0.2) is 13.6 Å². The fraction of sp³-hybridized carbons (Fsp3) is 0.519. The van der Waals surface area contributed by atoms with E-state index in [1.54, 1.807) is 17.0 Å². The van der Waals surface area contributed by atoms with Gasteiger partial charge >= 0.3 is 6.03 Å². The smallest absolute Gasteiger partial charge is 0.318 e. The van der Waals surface area contributed by atoms with Crippen molar-refractivity contribution in [3.05, 3.63) is 65.5 Å². The first kappa shape index (κ1) is 24.5. The molecule has 2 heterocycles. The largest absolute Gasteiger partial charge is 0.493 e. The number of rotatable bonds is 8. The number of alkyl halides is 1. The molecule has 0 spiro atoms. The summed E-state index contributed by atoms with van der Waals surface area (Å²) in [5.74, 6) is 0.899. The number of carbonyl (C=O) groups is 1. The summed E-state index contributed by atoms with van der Waals surface area (Å²) in [6.07, 6.45) is 1.37. The van der Waals surface area contributed by atoms with Gasteiger partial charge in [-0.05, 0) is 67.1 Å². The topological polar surface area (TPSA) is 44.8 Å². The molecule has 34 heavy (non-hydrogen) atoms. The van der Waals surface area contributed by atoms with Crippen molar-refractivity contribution in [2.45, 2.75) is 64.5 Å². The van der Waals surface area contributed by atoms with Gasteiger partial charge in [-0.2, -0.15) is 0 Å². The molecule has 2 amide bonds. The minimum Gasteiger partial charge on any atom is -0.493 e. The molecular formula is C27H35F2N3O2. The lowest BCUT2D eigenvalue weighted by atomic mass is 9.93. The molecule has 0 aromatic heterocycles. The number of nitrogens with zero attached hydrogens (tertiary/aromatic N) is 2. The first-order valence-corrected chi connectivity index (χ1v) is 12.3. The zero-order valence-electron chi connectivity index (χ0n) is 20.1. The normalized spacial score (nSPS) is 22.4. The Morgan fingerprint density at radius 3 is 2.50 bits per heavy atom. The van der Waals surface area contributed by atoms with Gasteiger partial charge in [-0.15, -0.1) is 0 Å². The van der Waals surface area contributed by atoms with Crippen LogP contribution < -0.4 is 10.1 Å². The number of benzene rings is 2. The Morgan fingerprint density at radius 2 is 1.79 bits per heavy atom. The van der Waals surface area contributed by atoms with Gasteiger partial charge in [0.15, 0.2) is 0 Å². The van der Waals surface area contributed by atoms with Crippen LogP contribution >= 0.6 is 0 Å². The summed E-state index contributed by atoms with van der Waals surface area (Å²) in [4.78, 5) is 17.2. The Hall–Kier alpha value is -2.67. The van der Waals surface area contributed by atoms with Crippen LogP contribution in [0, 0.1) is 11.7 Å². The van der Waals surface area contributed by atoms with E-state index >= 15 is 4.39 Å². The molecule has 7 heteroatoms. The van der Waals surface area contributed by atoms with Crippen molar-refractivity contribution in [2.24, 2.45) is 5.92 Å². The summed E-state index contributed by atoms with van der Waals surface area (Å²) < 4.78 is 34.6. The number of nitrogens with one attached hydrogen (secondary N) is 1. The molecule has 3 atom stereocenters. The maximum atomic E-state index is 15.6. The molecule has 2 saturated heterocycles. The first-order valence-electron chi connectivity index (χ1n) is 12.3. The van der Waals surface area contributed by atoms with Crippen LogP contribution in [0.15, 0.2) is 48.5 Å². The van der Waals surface area contributed by atoms with Crippen LogP contribution in [0.25, 0.3) is 0 Å². The third-order valence-electron chi connectivity index (χ3n) is 6.74. The third-order valence-corrected chi connectivity index (χ3v) is 6.74. The maximum Gasteiger partial charge on any atom is 0.318 e. The van der Waals surface area contributed by atoms with Crippen molar-refractivity contribution in [1.29, 1.82) is 0 Å². The van der Waals surface area contributed by atoms with Crippen molar-refractivity contribution >= 4 is 6.03 Å². The number of piperidine rings is 1. The Labute approximate surface area is 201 Å². The summed E-state index contributed by atoms with van der Waals surface area (Å²) >= 11 is 0. The summed E-state index contributed by atoms with van der Waals surface area (Å²) in [5, 5.41) is 2.92. The van der Waals surface area contributed by atoms with Crippen molar-refractivity contribution in [1.82, 2.24) is 15.1 Å². The average Bonchev–Trinajstić information content (AvgIpc) is 3.32. The second kappa shape index (κ2) is 11.2. The van der Waals surface area contributed by atoms with E-state index in [9.17, 15) is 9.18 Å². The predicted octanol–water partition coefficient (Wildman–Crippen LogP) is 5.15. The highest BCUT2D eigenvalue weighted by molar-refractivity contribution is 5.74. The van der Waals surface area contributed by atoms with Crippen LogP contribution in [0.5, 0.6) is 5.75 Å².